The van der Waals surface area contributed by atoms with E-state index in [9.17, 15) is 0 Å². The van der Waals surface area contributed by atoms with E-state index in [0.29, 0.717) is 5.92 Å². The summed E-state index contributed by atoms with van der Waals surface area (Å²) in [6.45, 7) is 0.887. The van der Waals surface area contributed by atoms with Crippen LogP contribution in [0.5, 0.6) is 0 Å². The number of nitrogens with zero attached hydrogens (tertiary/aromatic N) is 2. The third-order valence-corrected chi connectivity index (χ3v) is 3.60. The number of halogens is 1. The summed E-state index contributed by atoms with van der Waals surface area (Å²) in [4.78, 5) is 8.60. The highest BCUT2D eigenvalue weighted by atomic mass is 79.9. The van der Waals surface area contributed by atoms with E-state index < -0.39 is 0 Å². The topological polar surface area (TPSA) is 49.8 Å². The van der Waals surface area contributed by atoms with Gasteiger partial charge in [0.1, 0.15) is 4.60 Å². The molecule has 0 amide bonds. The summed E-state index contributed by atoms with van der Waals surface area (Å²) in [7, 11) is 0. The molecule has 92 valence electrons. The molecule has 3 heterocycles. The van der Waals surface area contributed by atoms with E-state index >= 15 is 0 Å². The highest BCUT2D eigenvalue weighted by molar-refractivity contribution is 9.10. The summed E-state index contributed by atoms with van der Waals surface area (Å²) < 4.78 is 0.867. The van der Waals surface area contributed by atoms with Crippen LogP contribution in [0, 0.1) is 0 Å². The van der Waals surface area contributed by atoms with Crippen LogP contribution in [0.1, 0.15) is 23.2 Å². The van der Waals surface area contributed by atoms with Crippen molar-refractivity contribution in [3.8, 4) is 0 Å². The van der Waals surface area contributed by atoms with Gasteiger partial charge in [0, 0.05) is 24.9 Å². The second kappa shape index (κ2) is 5.14. The molecular weight excluding hydrogens is 292 g/mol. The second-order valence-corrected chi connectivity index (χ2v) is 5.09. The van der Waals surface area contributed by atoms with Crippen LogP contribution in [0.3, 0.4) is 0 Å². The van der Waals surface area contributed by atoms with Gasteiger partial charge >= 0.3 is 0 Å². The number of hydrogen-bond acceptors (Lipinski definition) is 4. The fourth-order valence-corrected chi connectivity index (χ4v) is 2.68. The van der Waals surface area contributed by atoms with Crippen LogP contribution in [0.15, 0.2) is 47.3 Å². The zero-order chi connectivity index (χ0) is 12.4. The number of aromatic nitrogens is 2. The minimum atomic E-state index is 0.195. The lowest BCUT2D eigenvalue weighted by atomic mass is 9.92. The molecule has 0 spiro atoms. The van der Waals surface area contributed by atoms with Crippen molar-refractivity contribution in [2.24, 2.45) is 0 Å². The highest BCUT2D eigenvalue weighted by Crippen LogP contribution is 2.32. The van der Waals surface area contributed by atoms with Crippen molar-refractivity contribution in [3.63, 3.8) is 0 Å². The molecule has 1 fully saturated rings. The quantitative estimate of drug-likeness (QED) is 0.835. The Morgan fingerprint density at radius 2 is 2.11 bits per heavy atom. The lowest BCUT2D eigenvalue weighted by molar-refractivity contribution is 0.540. The smallest absolute Gasteiger partial charge is 0.106 e. The molecule has 2 atom stereocenters. The van der Waals surface area contributed by atoms with Crippen molar-refractivity contribution in [3.05, 3.63) is 58.6 Å². The molecule has 1 aliphatic heterocycles. The predicted molar refractivity (Wildman–Crippen MR) is 72.8 cm³/mol. The number of nitrogens with one attached hydrogen (secondary N) is 2. The molecule has 0 bridgehead atoms. The number of hydrazine groups is 1. The highest BCUT2D eigenvalue weighted by Gasteiger charge is 2.30. The maximum atomic E-state index is 4.43. The average molecular weight is 305 g/mol. The van der Waals surface area contributed by atoms with Crippen LogP contribution in [0.4, 0.5) is 0 Å². The first-order valence-corrected chi connectivity index (χ1v) is 6.64. The van der Waals surface area contributed by atoms with Crippen molar-refractivity contribution in [1.82, 2.24) is 20.8 Å². The van der Waals surface area contributed by atoms with Crippen molar-refractivity contribution in [2.45, 2.75) is 12.0 Å². The first-order chi connectivity index (χ1) is 8.84. The van der Waals surface area contributed by atoms with Crippen LogP contribution in [-0.4, -0.2) is 16.5 Å². The first kappa shape index (κ1) is 11.8. The third-order valence-electron chi connectivity index (χ3n) is 3.17. The minimum Gasteiger partial charge on any atom is -0.260 e. The first-order valence-electron chi connectivity index (χ1n) is 5.85. The van der Waals surface area contributed by atoms with Crippen molar-refractivity contribution >= 4 is 15.9 Å². The van der Waals surface area contributed by atoms with Gasteiger partial charge < -0.3 is 0 Å². The molecule has 4 nitrogen and oxygen atoms in total. The molecule has 3 rings (SSSR count). The number of pyridine rings is 2. The van der Waals surface area contributed by atoms with Crippen LogP contribution in [0.2, 0.25) is 0 Å². The zero-order valence-corrected chi connectivity index (χ0v) is 11.3. The molecule has 0 radical (unpaired) electrons. The van der Waals surface area contributed by atoms with E-state index in [1.54, 1.807) is 0 Å². The lowest BCUT2D eigenvalue weighted by Gasteiger charge is -2.18. The van der Waals surface area contributed by atoms with Gasteiger partial charge in [0.15, 0.2) is 0 Å². The van der Waals surface area contributed by atoms with Gasteiger partial charge in [-0.25, -0.2) is 10.4 Å². The third kappa shape index (κ3) is 2.29. The average Bonchev–Trinajstić information content (AvgIpc) is 2.89. The predicted octanol–water partition coefficient (Wildman–Crippen LogP) is 2.17. The minimum absolute atomic E-state index is 0.195. The largest absolute Gasteiger partial charge is 0.260 e. The van der Waals surface area contributed by atoms with Crippen LogP contribution in [0.25, 0.3) is 0 Å². The fourth-order valence-electron chi connectivity index (χ4n) is 2.30. The summed E-state index contributed by atoms with van der Waals surface area (Å²) in [6.07, 6.45) is 3.65. The standard InChI is InChI=1S/C13H13BrN4/c14-12-7-9(4-6-16-12)10-8-17-18-13(10)11-3-1-2-5-15-11/h1-7,10,13,17-18H,8H2. The van der Waals surface area contributed by atoms with Gasteiger partial charge in [-0.1, -0.05) is 6.07 Å². The van der Waals surface area contributed by atoms with Crippen molar-refractivity contribution in [2.75, 3.05) is 6.54 Å². The van der Waals surface area contributed by atoms with Crippen LogP contribution >= 0.6 is 15.9 Å². The van der Waals surface area contributed by atoms with Gasteiger partial charge in [0.05, 0.1) is 11.7 Å². The molecule has 1 aliphatic rings. The van der Waals surface area contributed by atoms with Gasteiger partial charge in [-0.3, -0.25) is 10.4 Å². The molecular formula is C13H13BrN4. The molecule has 2 aromatic heterocycles. The van der Waals surface area contributed by atoms with Crippen LogP contribution < -0.4 is 10.9 Å². The van der Waals surface area contributed by atoms with E-state index in [1.807, 2.05) is 30.6 Å². The van der Waals surface area contributed by atoms with Gasteiger partial charge in [-0.15, -0.1) is 0 Å². The SMILES string of the molecule is Brc1cc(C2CNNC2c2ccccn2)ccn1. The van der Waals surface area contributed by atoms with Gasteiger partial charge in [0.25, 0.3) is 0 Å². The molecule has 0 aromatic carbocycles. The van der Waals surface area contributed by atoms with E-state index in [-0.39, 0.29) is 6.04 Å². The Hall–Kier alpha value is -1.30. The maximum absolute atomic E-state index is 4.43. The Kier molecular flexibility index (Phi) is 3.36. The van der Waals surface area contributed by atoms with Gasteiger partial charge in [-0.2, -0.15) is 0 Å². The fraction of sp³-hybridized carbons (Fsp3) is 0.231. The molecule has 0 saturated carbocycles. The summed E-state index contributed by atoms with van der Waals surface area (Å²) in [6, 6.07) is 10.3. The Morgan fingerprint density at radius 3 is 2.89 bits per heavy atom. The Balaban J connectivity index is 1.92. The Bertz CT molecular complexity index is 532. The van der Waals surface area contributed by atoms with Gasteiger partial charge in [0.2, 0.25) is 0 Å². The molecule has 2 N–H and O–H groups in total. The lowest BCUT2D eigenvalue weighted by Crippen LogP contribution is -2.25. The molecule has 5 heteroatoms. The second-order valence-electron chi connectivity index (χ2n) is 4.28. The monoisotopic (exact) mass is 304 g/mol. The maximum Gasteiger partial charge on any atom is 0.106 e. The van der Waals surface area contributed by atoms with Crippen LogP contribution in [-0.2, 0) is 0 Å². The molecule has 0 aliphatic carbocycles. The summed E-state index contributed by atoms with van der Waals surface area (Å²) in [5, 5.41) is 0. The van der Waals surface area contributed by atoms with Crippen molar-refractivity contribution < 1.29 is 0 Å². The number of hydrogen-bond donors (Lipinski definition) is 2. The molecule has 1 saturated heterocycles. The summed E-state index contributed by atoms with van der Waals surface area (Å²) in [5.41, 5.74) is 8.82. The Morgan fingerprint density at radius 1 is 1.17 bits per heavy atom. The van der Waals surface area contributed by atoms with E-state index in [2.05, 4.69) is 48.9 Å². The molecule has 2 unspecified atom stereocenters. The molecule has 18 heavy (non-hydrogen) atoms. The van der Waals surface area contributed by atoms with Crippen molar-refractivity contribution in [1.29, 1.82) is 0 Å². The summed E-state index contributed by atoms with van der Waals surface area (Å²) >= 11 is 3.42. The number of rotatable bonds is 2. The normalized spacial score (nSPS) is 23.2. The molecule has 2 aromatic rings. The van der Waals surface area contributed by atoms with E-state index in [4.69, 9.17) is 0 Å². The zero-order valence-electron chi connectivity index (χ0n) is 9.68. The Labute approximate surface area is 114 Å². The van der Waals surface area contributed by atoms with Gasteiger partial charge in [-0.05, 0) is 45.8 Å². The van der Waals surface area contributed by atoms with E-state index in [1.165, 1.54) is 5.56 Å². The van der Waals surface area contributed by atoms with E-state index in [0.717, 1.165) is 16.8 Å². The summed E-state index contributed by atoms with van der Waals surface area (Å²) in [5.74, 6) is 0.360.